The van der Waals surface area contributed by atoms with E-state index in [4.69, 9.17) is 5.73 Å². The van der Waals surface area contributed by atoms with Crippen molar-refractivity contribution in [2.45, 2.75) is 26.2 Å². The van der Waals surface area contributed by atoms with Gasteiger partial charge in [-0.05, 0) is 31.4 Å². The normalized spacial score (nSPS) is 16.4. The molecular weight excluding hydrogens is 240 g/mol. The zero-order valence-electron chi connectivity index (χ0n) is 11.4. The summed E-state index contributed by atoms with van der Waals surface area (Å²) < 4.78 is 0. The second-order valence-corrected chi connectivity index (χ2v) is 4.97. The van der Waals surface area contributed by atoms with Crippen molar-refractivity contribution in [2.24, 2.45) is 11.7 Å². The van der Waals surface area contributed by atoms with Gasteiger partial charge in [0.05, 0.1) is 0 Å². The van der Waals surface area contributed by atoms with E-state index in [1.807, 2.05) is 18.2 Å². The van der Waals surface area contributed by atoms with Crippen LogP contribution in [0.2, 0.25) is 0 Å². The van der Waals surface area contributed by atoms with E-state index in [0.717, 1.165) is 50.5 Å². The summed E-state index contributed by atoms with van der Waals surface area (Å²) >= 11 is 0. The molecule has 0 saturated carbocycles. The minimum absolute atomic E-state index is 0.0256. The van der Waals surface area contributed by atoms with Crippen LogP contribution in [0.1, 0.15) is 26.2 Å². The summed E-state index contributed by atoms with van der Waals surface area (Å²) in [5.41, 5.74) is 5.35. The van der Waals surface area contributed by atoms with E-state index in [2.05, 4.69) is 22.1 Å². The van der Waals surface area contributed by atoms with Crippen molar-refractivity contribution in [1.29, 1.82) is 0 Å². The topological polar surface area (TPSA) is 71.2 Å². The largest absolute Gasteiger partial charge is 0.370 e. The maximum atomic E-state index is 11.1. The summed E-state index contributed by atoms with van der Waals surface area (Å²) in [6.45, 7) is 4.75. The Morgan fingerprint density at radius 1 is 1.47 bits per heavy atom. The molecule has 0 bridgehead atoms. The number of amides is 1. The second-order valence-electron chi connectivity index (χ2n) is 4.97. The standard InChI is InChI=1S/C14H22N4O/c1-2-8-16-12-4-3-5-13(17-12)18-9-6-11(7-10-18)14(15)19/h3-5,11H,2,6-10H2,1H3,(H2,15,19)(H,16,17). The molecular formula is C14H22N4O. The van der Waals surface area contributed by atoms with Crippen molar-refractivity contribution in [3.8, 4) is 0 Å². The monoisotopic (exact) mass is 262 g/mol. The molecule has 0 spiro atoms. The molecule has 1 saturated heterocycles. The van der Waals surface area contributed by atoms with Crippen molar-refractivity contribution in [3.05, 3.63) is 18.2 Å². The van der Waals surface area contributed by atoms with E-state index in [-0.39, 0.29) is 11.8 Å². The minimum atomic E-state index is -0.175. The molecule has 19 heavy (non-hydrogen) atoms. The lowest BCUT2D eigenvalue weighted by atomic mass is 9.96. The molecule has 0 unspecified atom stereocenters. The van der Waals surface area contributed by atoms with Gasteiger partial charge in [0.25, 0.3) is 0 Å². The van der Waals surface area contributed by atoms with Crippen LogP contribution in [0.25, 0.3) is 0 Å². The first-order valence-electron chi connectivity index (χ1n) is 6.96. The highest BCUT2D eigenvalue weighted by atomic mass is 16.1. The van der Waals surface area contributed by atoms with Gasteiger partial charge in [-0.15, -0.1) is 0 Å². The number of aromatic nitrogens is 1. The molecule has 2 heterocycles. The number of nitrogens with two attached hydrogens (primary N) is 1. The molecule has 1 aromatic heterocycles. The minimum Gasteiger partial charge on any atom is -0.370 e. The van der Waals surface area contributed by atoms with E-state index in [1.54, 1.807) is 0 Å². The second kappa shape index (κ2) is 6.41. The Morgan fingerprint density at radius 2 is 2.21 bits per heavy atom. The molecule has 5 nitrogen and oxygen atoms in total. The summed E-state index contributed by atoms with van der Waals surface area (Å²) in [6, 6.07) is 6.01. The Morgan fingerprint density at radius 3 is 2.84 bits per heavy atom. The van der Waals surface area contributed by atoms with Gasteiger partial charge in [-0.1, -0.05) is 13.0 Å². The van der Waals surface area contributed by atoms with Crippen LogP contribution in [0.3, 0.4) is 0 Å². The van der Waals surface area contributed by atoms with Crippen molar-refractivity contribution in [3.63, 3.8) is 0 Å². The highest BCUT2D eigenvalue weighted by Crippen LogP contribution is 2.22. The van der Waals surface area contributed by atoms with Gasteiger partial charge >= 0.3 is 0 Å². The van der Waals surface area contributed by atoms with Crippen molar-refractivity contribution >= 4 is 17.5 Å². The summed E-state index contributed by atoms with van der Waals surface area (Å²) in [6.07, 6.45) is 2.73. The number of primary amides is 1. The van der Waals surface area contributed by atoms with Gasteiger partial charge in [0.15, 0.2) is 0 Å². The molecule has 1 amide bonds. The van der Waals surface area contributed by atoms with Crippen LogP contribution in [0.5, 0.6) is 0 Å². The zero-order valence-corrected chi connectivity index (χ0v) is 11.4. The van der Waals surface area contributed by atoms with Gasteiger partial charge in [-0.25, -0.2) is 4.98 Å². The van der Waals surface area contributed by atoms with Gasteiger partial charge in [0, 0.05) is 25.6 Å². The fraction of sp³-hybridized carbons (Fsp3) is 0.571. The van der Waals surface area contributed by atoms with Crippen LogP contribution >= 0.6 is 0 Å². The third-order valence-corrected chi connectivity index (χ3v) is 3.51. The van der Waals surface area contributed by atoms with Crippen LogP contribution < -0.4 is 16.0 Å². The summed E-state index contributed by atoms with van der Waals surface area (Å²) in [5, 5.41) is 3.29. The summed E-state index contributed by atoms with van der Waals surface area (Å²) in [4.78, 5) is 18.0. The number of carbonyl (C=O) groups excluding carboxylic acids is 1. The van der Waals surface area contributed by atoms with Crippen LogP contribution in [0.4, 0.5) is 11.6 Å². The van der Waals surface area contributed by atoms with Crippen LogP contribution in [0.15, 0.2) is 18.2 Å². The van der Waals surface area contributed by atoms with E-state index >= 15 is 0 Å². The van der Waals surface area contributed by atoms with Gasteiger partial charge in [-0.2, -0.15) is 0 Å². The Balaban J connectivity index is 1.97. The van der Waals surface area contributed by atoms with Crippen molar-refractivity contribution < 1.29 is 4.79 Å². The third-order valence-electron chi connectivity index (χ3n) is 3.51. The average Bonchev–Trinajstić information content (AvgIpc) is 2.45. The van der Waals surface area contributed by atoms with Crippen LogP contribution in [-0.4, -0.2) is 30.5 Å². The lowest BCUT2D eigenvalue weighted by Gasteiger charge is -2.31. The highest BCUT2D eigenvalue weighted by Gasteiger charge is 2.23. The summed E-state index contributed by atoms with van der Waals surface area (Å²) in [5.74, 6) is 1.74. The first-order chi connectivity index (χ1) is 9.20. The lowest BCUT2D eigenvalue weighted by molar-refractivity contribution is -0.122. The van der Waals surface area contributed by atoms with Crippen LogP contribution in [0, 0.1) is 5.92 Å². The van der Waals surface area contributed by atoms with Crippen molar-refractivity contribution in [1.82, 2.24) is 4.98 Å². The average molecular weight is 262 g/mol. The third kappa shape index (κ3) is 3.59. The smallest absolute Gasteiger partial charge is 0.220 e. The van der Waals surface area contributed by atoms with Crippen molar-refractivity contribution in [2.75, 3.05) is 29.9 Å². The number of carbonyl (C=O) groups is 1. The number of rotatable bonds is 5. The number of hydrogen-bond acceptors (Lipinski definition) is 4. The molecule has 0 atom stereocenters. The van der Waals surface area contributed by atoms with E-state index < -0.39 is 0 Å². The van der Waals surface area contributed by atoms with E-state index in [0.29, 0.717) is 0 Å². The van der Waals surface area contributed by atoms with E-state index in [1.165, 1.54) is 0 Å². The SMILES string of the molecule is CCCNc1cccc(N2CCC(C(N)=O)CC2)n1. The first-order valence-corrected chi connectivity index (χ1v) is 6.96. The van der Waals surface area contributed by atoms with Gasteiger partial charge in [-0.3, -0.25) is 4.79 Å². The first kappa shape index (κ1) is 13.6. The fourth-order valence-corrected chi connectivity index (χ4v) is 2.34. The number of piperidine rings is 1. The number of nitrogens with one attached hydrogen (secondary N) is 1. The molecule has 5 heteroatoms. The number of anilines is 2. The Hall–Kier alpha value is -1.78. The zero-order chi connectivity index (χ0) is 13.7. The Kier molecular flexibility index (Phi) is 4.60. The molecule has 1 aromatic rings. The predicted octanol–water partition coefficient (Wildman–Crippen LogP) is 1.61. The molecule has 0 aromatic carbocycles. The van der Waals surface area contributed by atoms with E-state index in [9.17, 15) is 4.79 Å². The molecule has 1 fully saturated rings. The molecule has 2 rings (SSSR count). The highest BCUT2D eigenvalue weighted by molar-refractivity contribution is 5.77. The molecule has 0 aliphatic carbocycles. The molecule has 0 radical (unpaired) electrons. The fourth-order valence-electron chi connectivity index (χ4n) is 2.34. The Bertz CT molecular complexity index is 427. The van der Waals surface area contributed by atoms with Gasteiger partial charge < -0.3 is 16.0 Å². The molecule has 3 N–H and O–H groups in total. The number of pyridine rings is 1. The number of nitrogens with zero attached hydrogens (tertiary/aromatic N) is 2. The predicted molar refractivity (Wildman–Crippen MR) is 77.1 cm³/mol. The van der Waals surface area contributed by atoms with Gasteiger partial charge in [0.2, 0.25) is 5.91 Å². The number of hydrogen-bond donors (Lipinski definition) is 2. The quantitative estimate of drug-likeness (QED) is 0.845. The molecule has 1 aliphatic heterocycles. The maximum absolute atomic E-state index is 11.1. The van der Waals surface area contributed by atoms with Crippen LogP contribution in [-0.2, 0) is 4.79 Å². The summed E-state index contributed by atoms with van der Waals surface area (Å²) in [7, 11) is 0. The maximum Gasteiger partial charge on any atom is 0.220 e. The molecule has 104 valence electrons. The molecule has 1 aliphatic rings. The lowest BCUT2D eigenvalue weighted by Crippen LogP contribution is -2.38. The Labute approximate surface area is 114 Å². The van der Waals surface area contributed by atoms with Gasteiger partial charge in [0.1, 0.15) is 11.6 Å².